The van der Waals surface area contributed by atoms with Gasteiger partial charge in [0.05, 0.1) is 21.7 Å². The summed E-state index contributed by atoms with van der Waals surface area (Å²) in [7, 11) is 0. The second-order valence-corrected chi connectivity index (χ2v) is 9.08. The second kappa shape index (κ2) is 8.27. The van der Waals surface area contributed by atoms with Crippen molar-refractivity contribution in [1.29, 1.82) is 0 Å². The van der Waals surface area contributed by atoms with Crippen LogP contribution in [-0.2, 0) is 4.79 Å². The number of amides is 1. The van der Waals surface area contributed by atoms with Gasteiger partial charge in [-0.25, -0.2) is 4.98 Å². The molecule has 1 aromatic heterocycles. The van der Waals surface area contributed by atoms with Crippen LogP contribution < -0.4 is 10.1 Å². The average Bonchev–Trinajstić information content (AvgIpc) is 3.36. The van der Waals surface area contributed by atoms with Crippen molar-refractivity contribution in [1.82, 2.24) is 15.3 Å². The van der Waals surface area contributed by atoms with Gasteiger partial charge in [-0.05, 0) is 36.8 Å². The first-order valence-corrected chi connectivity index (χ1v) is 11.0. The third-order valence-electron chi connectivity index (χ3n) is 4.34. The van der Waals surface area contributed by atoms with E-state index < -0.39 is 0 Å². The molecule has 5 nitrogen and oxygen atoms in total. The lowest BCUT2D eigenvalue weighted by atomic mass is 10.2. The van der Waals surface area contributed by atoms with Crippen molar-refractivity contribution in [2.75, 3.05) is 18.1 Å². The van der Waals surface area contributed by atoms with Gasteiger partial charge in [-0.3, -0.25) is 4.79 Å². The van der Waals surface area contributed by atoms with Gasteiger partial charge in [0.25, 0.3) is 5.91 Å². The smallest absolute Gasteiger partial charge is 0.258 e. The molecule has 1 aliphatic heterocycles. The van der Waals surface area contributed by atoms with E-state index in [9.17, 15) is 4.79 Å². The van der Waals surface area contributed by atoms with E-state index in [0.29, 0.717) is 10.3 Å². The maximum atomic E-state index is 12.2. The zero-order valence-corrected chi connectivity index (χ0v) is 16.6. The molecule has 0 radical (unpaired) electrons. The van der Waals surface area contributed by atoms with Gasteiger partial charge in [0.1, 0.15) is 11.6 Å². The molecule has 0 saturated carbocycles. The number of fused-ring (bicyclic) bond motifs is 1. The van der Waals surface area contributed by atoms with Crippen LogP contribution in [0.3, 0.4) is 0 Å². The fourth-order valence-electron chi connectivity index (χ4n) is 2.95. The lowest BCUT2D eigenvalue weighted by molar-refractivity contribution is -0.123. The first-order valence-electron chi connectivity index (χ1n) is 8.89. The first-order chi connectivity index (χ1) is 13.2. The first kappa shape index (κ1) is 18.3. The van der Waals surface area contributed by atoms with E-state index in [1.165, 1.54) is 17.1 Å². The molecule has 0 spiro atoms. The van der Waals surface area contributed by atoms with E-state index in [2.05, 4.69) is 27.4 Å². The molecule has 2 N–H and O–H groups in total. The highest BCUT2D eigenvalue weighted by molar-refractivity contribution is 8.19. The highest BCUT2D eigenvalue weighted by Crippen LogP contribution is 2.45. The Hall–Kier alpha value is -2.12. The molecule has 1 aliphatic rings. The third-order valence-corrected chi connectivity index (χ3v) is 7.44. The van der Waals surface area contributed by atoms with E-state index in [-0.39, 0.29) is 18.6 Å². The summed E-state index contributed by atoms with van der Waals surface area (Å²) in [5, 5.41) is 2.92. The van der Waals surface area contributed by atoms with Crippen molar-refractivity contribution >= 4 is 40.5 Å². The SMILES string of the molecule is C[C@H](NC(=O)COc1ccc(C2SCCS2)cc1)c1nc2ccccc2[nH]1. The van der Waals surface area contributed by atoms with Gasteiger partial charge in [0.2, 0.25) is 0 Å². The van der Waals surface area contributed by atoms with Gasteiger partial charge >= 0.3 is 0 Å². The molecular formula is C20H21N3O2S2. The Kier molecular flexibility index (Phi) is 5.59. The van der Waals surface area contributed by atoms with Gasteiger partial charge in [0.15, 0.2) is 6.61 Å². The maximum Gasteiger partial charge on any atom is 0.258 e. The molecule has 1 amide bonds. The van der Waals surface area contributed by atoms with Crippen LogP contribution in [0, 0.1) is 0 Å². The van der Waals surface area contributed by atoms with E-state index >= 15 is 0 Å². The number of thioether (sulfide) groups is 2. The lowest BCUT2D eigenvalue weighted by Crippen LogP contribution is -2.31. The minimum atomic E-state index is -0.215. The summed E-state index contributed by atoms with van der Waals surface area (Å²) in [6.45, 7) is 1.89. The van der Waals surface area contributed by atoms with Crippen molar-refractivity contribution in [3.05, 3.63) is 59.9 Å². The van der Waals surface area contributed by atoms with Crippen LogP contribution in [0.1, 0.15) is 28.9 Å². The number of carbonyl (C=O) groups excluding carboxylic acids is 1. The average molecular weight is 400 g/mol. The van der Waals surface area contributed by atoms with Gasteiger partial charge in [-0.1, -0.05) is 24.3 Å². The topological polar surface area (TPSA) is 67.0 Å². The Morgan fingerprint density at radius 1 is 1.22 bits per heavy atom. The number of ether oxygens (including phenoxy) is 1. The van der Waals surface area contributed by atoms with Crippen LogP contribution in [0.2, 0.25) is 0 Å². The monoisotopic (exact) mass is 399 g/mol. The number of hydrogen-bond donors (Lipinski definition) is 2. The zero-order valence-electron chi connectivity index (χ0n) is 15.0. The summed E-state index contributed by atoms with van der Waals surface area (Å²) in [6.07, 6.45) is 0. The lowest BCUT2D eigenvalue weighted by Gasteiger charge is -2.13. The van der Waals surface area contributed by atoms with E-state index in [1.54, 1.807) is 0 Å². The predicted octanol–water partition coefficient (Wildman–Crippen LogP) is 4.30. The molecule has 1 atom stereocenters. The summed E-state index contributed by atoms with van der Waals surface area (Å²) < 4.78 is 6.15. The number of imidazole rings is 1. The van der Waals surface area contributed by atoms with E-state index in [4.69, 9.17) is 4.74 Å². The van der Waals surface area contributed by atoms with Crippen molar-refractivity contribution < 1.29 is 9.53 Å². The van der Waals surface area contributed by atoms with Gasteiger partial charge in [0, 0.05) is 11.5 Å². The molecule has 2 aromatic carbocycles. The molecule has 27 heavy (non-hydrogen) atoms. The fraction of sp³-hybridized carbons (Fsp3) is 0.300. The van der Waals surface area contributed by atoms with Gasteiger partial charge in [-0.2, -0.15) is 0 Å². The number of para-hydroxylation sites is 2. The summed E-state index contributed by atoms with van der Waals surface area (Å²) >= 11 is 3.95. The molecular weight excluding hydrogens is 378 g/mol. The Balaban J connectivity index is 1.29. The highest BCUT2D eigenvalue weighted by atomic mass is 32.2. The van der Waals surface area contributed by atoms with Crippen molar-refractivity contribution in [3.8, 4) is 5.75 Å². The van der Waals surface area contributed by atoms with Crippen LogP contribution in [0.4, 0.5) is 0 Å². The molecule has 1 fully saturated rings. The summed E-state index contributed by atoms with van der Waals surface area (Å²) in [4.78, 5) is 20.0. The standard InChI is InChI=1S/C20H21N3O2S2/c1-13(19-22-16-4-2-3-5-17(16)23-19)21-18(24)12-25-15-8-6-14(7-9-15)20-26-10-11-27-20/h2-9,13,20H,10-12H2,1H3,(H,21,24)(H,22,23)/t13-/m0/s1. The van der Waals surface area contributed by atoms with Crippen molar-refractivity contribution in [2.24, 2.45) is 0 Å². The summed E-state index contributed by atoms with van der Waals surface area (Å²) in [5.41, 5.74) is 3.16. The number of aromatic amines is 1. The zero-order chi connectivity index (χ0) is 18.6. The second-order valence-electron chi connectivity index (χ2n) is 6.36. The van der Waals surface area contributed by atoms with Crippen LogP contribution in [0.5, 0.6) is 5.75 Å². The molecule has 1 saturated heterocycles. The maximum absolute atomic E-state index is 12.2. The number of rotatable bonds is 6. The number of nitrogens with zero attached hydrogens (tertiary/aromatic N) is 1. The van der Waals surface area contributed by atoms with Crippen molar-refractivity contribution in [3.63, 3.8) is 0 Å². The number of carbonyl (C=O) groups is 1. The van der Waals surface area contributed by atoms with Gasteiger partial charge in [-0.15, -0.1) is 23.5 Å². The predicted molar refractivity (Wildman–Crippen MR) is 112 cm³/mol. The molecule has 2 heterocycles. The number of H-pyrrole nitrogens is 1. The minimum absolute atomic E-state index is 0.0170. The highest BCUT2D eigenvalue weighted by Gasteiger charge is 2.18. The molecule has 0 unspecified atom stereocenters. The normalized spacial score (nSPS) is 15.7. The van der Waals surface area contributed by atoms with Crippen LogP contribution in [0.25, 0.3) is 11.0 Å². The molecule has 0 aliphatic carbocycles. The molecule has 4 rings (SSSR count). The number of aromatic nitrogens is 2. The van der Waals surface area contributed by atoms with Crippen LogP contribution in [-0.4, -0.2) is 34.0 Å². The van der Waals surface area contributed by atoms with E-state index in [0.717, 1.165) is 16.9 Å². The number of benzene rings is 2. The Labute approximate surface area is 166 Å². The van der Waals surface area contributed by atoms with Crippen molar-refractivity contribution in [2.45, 2.75) is 17.5 Å². The van der Waals surface area contributed by atoms with Gasteiger partial charge < -0.3 is 15.0 Å². The van der Waals surface area contributed by atoms with Crippen LogP contribution >= 0.6 is 23.5 Å². The summed E-state index contributed by atoms with van der Waals surface area (Å²) in [5.74, 6) is 3.68. The molecule has 3 aromatic rings. The Morgan fingerprint density at radius 2 is 1.96 bits per heavy atom. The minimum Gasteiger partial charge on any atom is -0.484 e. The van der Waals surface area contributed by atoms with E-state index in [1.807, 2.05) is 66.8 Å². The number of hydrogen-bond acceptors (Lipinski definition) is 5. The third kappa shape index (κ3) is 4.42. The quantitative estimate of drug-likeness (QED) is 0.647. The number of nitrogens with one attached hydrogen (secondary N) is 2. The van der Waals surface area contributed by atoms with Crippen LogP contribution in [0.15, 0.2) is 48.5 Å². The molecule has 140 valence electrons. The molecule has 0 bridgehead atoms. The fourth-order valence-corrected chi connectivity index (χ4v) is 5.81. The Bertz CT molecular complexity index is 887. The summed E-state index contributed by atoms with van der Waals surface area (Å²) in [6, 6.07) is 15.6. The Morgan fingerprint density at radius 3 is 2.70 bits per heavy atom. The molecule has 7 heteroatoms. The largest absolute Gasteiger partial charge is 0.484 e.